The minimum absolute atomic E-state index is 0.283. The second-order valence-corrected chi connectivity index (χ2v) is 9.11. The maximum atomic E-state index is 12.2. The Hall–Kier alpha value is -0.590. The molecule has 1 unspecified atom stereocenters. The molecule has 0 aliphatic heterocycles. The average molecular weight is 378 g/mol. The molecule has 4 nitrogen and oxygen atoms in total. The quantitative estimate of drug-likeness (QED) is 0.791. The highest BCUT2D eigenvalue weighted by Gasteiger charge is 2.39. The molecular formula is C15H24BrNO3S. The van der Waals surface area contributed by atoms with E-state index in [9.17, 15) is 8.42 Å². The van der Waals surface area contributed by atoms with Gasteiger partial charge < -0.3 is 10.1 Å². The molecule has 120 valence electrons. The lowest BCUT2D eigenvalue weighted by Crippen LogP contribution is -2.45. The Balaban J connectivity index is 3.29. The highest BCUT2D eigenvalue weighted by Crippen LogP contribution is 2.35. The fraction of sp³-hybridized carbons (Fsp3) is 0.600. The number of benzene rings is 1. The number of sulfone groups is 1. The Morgan fingerprint density at radius 3 is 2.43 bits per heavy atom. The topological polar surface area (TPSA) is 55.4 Å². The number of ether oxygens (including phenoxy) is 1. The van der Waals surface area contributed by atoms with Crippen LogP contribution in [0.4, 0.5) is 0 Å². The number of hydrogen-bond acceptors (Lipinski definition) is 4. The maximum absolute atomic E-state index is 12.2. The van der Waals surface area contributed by atoms with Crippen LogP contribution in [0.3, 0.4) is 0 Å². The number of nitrogens with one attached hydrogen (secondary N) is 1. The zero-order valence-corrected chi connectivity index (χ0v) is 15.6. The van der Waals surface area contributed by atoms with E-state index in [0.29, 0.717) is 0 Å². The van der Waals surface area contributed by atoms with Gasteiger partial charge in [-0.2, -0.15) is 0 Å². The number of hydrogen-bond donors (Lipinski definition) is 1. The van der Waals surface area contributed by atoms with E-state index in [2.05, 4.69) is 28.2 Å². The predicted octanol–water partition coefficient (Wildman–Crippen LogP) is 3.32. The van der Waals surface area contributed by atoms with Gasteiger partial charge in [-0.1, -0.05) is 13.0 Å². The molecule has 0 amide bonds. The summed E-state index contributed by atoms with van der Waals surface area (Å²) in [5.41, 5.74) is 0.923. The third kappa shape index (κ3) is 4.20. The molecule has 1 rings (SSSR count). The Labute approximate surface area is 136 Å². The van der Waals surface area contributed by atoms with E-state index in [4.69, 9.17) is 4.74 Å². The molecule has 0 radical (unpaired) electrons. The molecule has 0 saturated heterocycles. The monoisotopic (exact) mass is 377 g/mol. The second-order valence-electron chi connectivity index (χ2n) is 5.66. The van der Waals surface area contributed by atoms with Gasteiger partial charge in [0.15, 0.2) is 9.84 Å². The molecule has 6 heteroatoms. The Kier molecular flexibility index (Phi) is 6.25. The van der Waals surface area contributed by atoms with Crippen molar-refractivity contribution >= 4 is 25.8 Å². The van der Waals surface area contributed by atoms with Crippen molar-refractivity contribution < 1.29 is 13.2 Å². The molecule has 21 heavy (non-hydrogen) atoms. The fourth-order valence-electron chi connectivity index (χ4n) is 2.13. The first-order valence-corrected chi connectivity index (χ1v) is 9.60. The van der Waals surface area contributed by atoms with E-state index in [1.54, 1.807) is 21.0 Å². The lowest BCUT2D eigenvalue weighted by Gasteiger charge is -2.34. The Bertz CT molecular complexity index is 585. The lowest BCUT2D eigenvalue weighted by molar-refractivity contribution is 0.407. The van der Waals surface area contributed by atoms with Crippen molar-refractivity contribution in [2.75, 3.05) is 19.9 Å². The molecule has 0 heterocycles. The Morgan fingerprint density at radius 2 is 2.00 bits per heavy atom. The minimum Gasteiger partial charge on any atom is -0.496 e. The summed E-state index contributed by atoms with van der Waals surface area (Å²) in [6.45, 7) is 6.33. The van der Waals surface area contributed by atoms with Gasteiger partial charge in [0.25, 0.3) is 0 Å². The molecule has 0 aliphatic rings. The zero-order chi connectivity index (χ0) is 16.3. The van der Waals surface area contributed by atoms with Crippen LogP contribution >= 0.6 is 15.9 Å². The van der Waals surface area contributed by atoms with Crippen molar-refractivity contribution in [3.8, 4) is 5.75 Å². The second kappa shape index (κ2) is 7.11. The summed E-state index contributed by atoms with van der Waals surface area (Å²) in [4.78, 5) is 0. The number of methoxy groups -OCH3 is 1. The number of halogens is 1. The molecule has 0 spiro atoms. The van der Waals surface area contributed by atoms with Crippen LogP contribution in [0.5, 0.6) is 5.75 Å². The molecular weight excluding hydrogens is 354 g/mol. The van der Waals surface area contributed by atoms with Crippen LogP contribution in [0.15, 0.2) is 22.7 Å². The molecule has 1 N–H and O–H groups in total. The standard InChI is InChI=1S/C15H24BrNO3S/c1-6-9-17-14(15(2,3)21(5,18)19)11-7-8-13(20-4)12(16)10-11/h7-8,10,14,17H,6,9H2,1-5H3. The van der Waals surface area contributed by atoms with Crippen LogP contribution in [0.25, 0.3) is 0 Å². The molecule has 0 fully saturated rings. The Morgan fingerprint density at radius 1 is 1.38 bits per heavy atom. The van der Waals surface area contributed by atoms with Crippen molar-refractivity contribution in [3.63, 3.8) is 0 Å². The van der Waals surface area contributed by atoms with Crippen molar-refractivity contribution in [1.29, 1.82) is 0 Å². The largest absolute Gasteiger partial charge is 0.496 e. The summed E-state index contributed by atoms with van der Waals surface area (Å²) in [6, 6.07) is 5.39. The molecule has 1 aromatic carbocycles. The highest BCUT2D eigenvalue weighted by molar-refractivity contribution is 9.10. The van der Waals surface area contributed by atoms with E-state index >= 15 is 0 Å². The van der Waals surface area contributed by atoms with E-state index in [1.807, 2.05) is 18.2 Å². The smallest absolute Gasteiger partial charge is 0.154 e. The van der Waals surface area contributed by atoms with E-state index in [-0.39, 0.29) is 6.04 Å². The van der Waals surface area contributed by atoms with Crippen LogP contribution in [0.1, 0.15) is 38.8 Å². The lowest BCUT2D eigenvalue weighted by atomic mass is 9.95. The molecule has 0 saturated carbocycles. The fourth-order valence-corrected chi connectivity index (χ4v) is 3.34. The van der Waals surface area contributed by atoms with E-state index in [0.717, 1.165) is 28.8 Å². The predicted molar refractivity (Wildman–Crippen MR) is 90.7 cm³/mol. The van der Waals surface area contributed by atoms with Gasteiger partial charge in [-0.25, -0.2) is 8.42 Å². The van der Waals surface area contributed by atoms with Crippen LogP contribution in [-0.4, -0.2) is 33.1 Å². The van der Waals surface area contributed by atoms with Gasteiger partial charge in [0, 0.05) is 6.26 Å². The van der Waals surface area contributed by atoms with Crippen LogP contribution in [0, 0.1) is 0 Å². The first kappa shape index (κ1) is 18.5. The first-order valence-electron chi connectivity index (χ1n) is 6.91. The summed E-state index contributed by atoms with van der Waals surface area (Å²) in [6.07, 6.45) is 2.22. The van der Waals surface area contributed by atoms with E-state index < -0.39 is 14.6 Å². The van der Waals surface area contributed by atoms with Crippen LogP contribution in [0.2, 0.25) is 0 Å². The van der Waals surface area contributed by atoms with Crippen molar-refractivity contribution in [2.24, 2.45) is 0 Å². The summed E-state index contributed by atoms with van der Waals surface area (Å²) < 4.78 is 29.5. The van der Waals surface area contributed by atoms with Gasteiger partial charge in [-0.3, -0.25) is 0 Å². The molecule has 0 aromatic heterocycles. The first-order chi connectivity index (χ1) is 9.65. The normalized spacial score (nSPS) is 14.0. The van der Waals surface area contributed by atoms with Crippen molar-refractivity contribution in [1.82, 2.24) is 5.32 Å². The summed E-state index contributed by atoms with van der Waals surface area (Å²) in [5.74, 6) is 0.727. The molecule has 1 aromatic rings. The molecule has 0 aliphatic carbocycles. The van der Waals surface area contributed by atoms with Gasteiger partial charge in [-0.05, 0) is 60.4 Å². The number of rotatable bonds is 7. The van der Waals surface area contributed by atoms with Gasteiger partial charge in [0.05, 0.1) is 22.4 Å². The third-order valence-electron chi connectivity index (χ3n) is 3.76. The van der Waals surface area contributed by atoms with Gasteiger partial charge in [-0.15, -0.1) is 0 Å². The van der Waals surface area contributed by atoms with Crippen molar-refractivity contribution in [2.45, 2.75) is 38.0 Å². The van der Waals surface area contributed by atoms with Gasteiger partial charge in [0.2, 0.25) is 0 Å². The third-order valence-corrected chi connectivity index (χ3v) is 6.53. The van der Waals surface area contributed by atoms with Crippen LogP contribution < -0.4 is 10.1 Å². The zero-order valence-electron chi connectivity index (χ0n) is 13.2. The summed E-state index contributed by atoms with van der Waals surface area (Å²) in [5, 5.41) is 3.36. The molecule has 1 atom stereocenters. The SMILES string of the molecule is CCCNC(c1ccc(OC)c(Br)c1)C(C)(C)S(C)(=O)=O. The highest BCUT2D eigenvalue weighted by atomic mass is 79.9. The molecule has 0 bridgehead atoms. The average Bonchev–Trinajstić information content (AvgIpc) is 2.37. The van der Waals surface area contributed by atoms with Crippen molar-refractivity contribution in [3.05, 3.63) is 28.2 Å². The van der Waals surface area contributed by atoms with Crippen LogP contribution in [-0.2, 0) is 9.84 Å². The maximum Gasteiger partial charge on any atom is 0.154 e. The summed E-state index contributed by atoms with van der Waals surface area (Å²) in [7, 11) is -1.61. The van der Waals surface area contributed by atoms with Gasteiger partial charge in [0.1, 0.15) is 5.75 Å². The van der Waals surface area contributed by atoms with E-state index in [1.165, 1.54) is 6.26 Å². The summed E-state index contributed by atoms with van der Waals surface area (Å²) >= 11 is 3.46. The van der Waals surface area contributed by atoms with Gasteiger partial charge >= 0.3 is 0 Å². The minimum atomic E-state index is -3.22.